The highest BCUT2D eigenvalue weighted by Crippen LogP contribution is 2.10. The van der Waals surface area contributed by atoms with Crippen LogP contribution in [0.4, 0.5) is 0 Å². The van der Waals surface area contributed by atoms with Gasteiger partial charge in [-0.15, -0.1) is 11.3 Å². The van der Waals surface area contributed by atoms with Gasteiger partial charge in [-0.1, -0.05) is 13.0 Å². The topological polar surface area (TPSA) is 29.9 Å². The van der Waals surface area contributed by atoms with Gasteiger partial charge in [-0.25, -0.2) is 4.98 Å². The van der Waals surface area contributed by atoms with Gasteiger partial charge in [-0.2, -0.15) is 0 Å². The molecular weight excluding hydrogens is 230 g/mol. The molecule has 0 aromatic carbocycles. The number of rotatable bonds is 7. The Balaban J connectivity index is 1.77. The Labute approximate surface area is 107 Å². The molecule has 0 saturated carbocycles. The highest BCUT2D eigenvalue weighted by Gasteiger charge is 1.99. The molecule has 3 nitrogen and oxygen atoms in total. The summed E-state index contributed by atoms with van der Waals surface area (Å²) in [6.07, 6.45) is 6.32. The number of thiophene rings is 1. The summed E-state index contributed by atoms with van der Waals surface area (Å²) in [6, 6.07) is 4.29. The van der Waals surface area contributed by atoms with Crippen molar-refractivity contribution in [2.75, 3.05) is 6.54 Å². The van der Waals surface area contributed by atoms with Crippen molar-refractivity contribution in [3.05, 3.63) is 40.6 Å². The van der Waals surface area contributed by atoms with Crippen LogP contribution in [0.2, 0.25) is 0 Å². The molecule has 92 valence electrons. The van der Waals surface area contributed by atoms with Crippen LogP contribution in [0.25, 0.3) is 0 Å². The molecule has 0 aliphatic carbocycles. The molecule has 0 fully saturated rings. The van der Waals surface area contributed by atoms with E-state index in [1.54, 1.807) is 0 Å². The van der Waals surface area contributed by atoms with Gasteiger partial charge in [0.05, 0.1) is 12.0 Å². The van der Waals surface area contributed by atoms with E-state index >= 15 is 0 Å². The number of imidazole rings is 1. The van der Waals surface area contributed by atoms with Gasteiger partial charge in [-0.3, -0.25) is 0 Å². The number of aryl methyl sites for hydroxylation is 2. The zero-order valence-electron chi connectivity index (χ0n) is 10.2. The number of hydrogen-bond donors (Lipinski definition) is 1. The molecule has 2 aromatic heterocycles. The third-order valence-corrected chi connectivity index (χ3v) is 3.55. The average Bonchev–Trinajstić information content (AvgIpc) is 2.98. The maximum absolute atomic E-state index is 4.39. The van der Waals surface area contributed by atoms with E-state index in [2.05, 4.69) is 45.5 Å². The number of nitrogens with one attached hydrogen (secondary N) is 1. The molecule has 0 spiro atoms. The third kappa shape index (κ3) is 3.98. The molecule has 0 atom stereocenters. The number of aromatic nitrogens is 2. The Kier molecular flexibility index (Phi) is 4.76. The van der Waals surface area contributed by atoms with Crippen molar-refractivity contribution in [2.45, 2.75) is 32.9 Å². The fraction of sp³-hybridized carbons (Fsp3) is 0.462. The zero-order valence-corrected chi connectivity index (χ0v) is 11.0. The van der Waals surface area contributed by atoms with E-state index in [9.17, 15) is 0 Å². The summed E-state index contributed by atoms with van der Waals surface area (Å²) >= 11 is 1.82. The maximum Gasteiger partial charge on any atom is 0.0950 e. The zero-order chi connectivity index (χ0) is 11.9. The molecule has 0 bridgehead atoms. The van der Waals surface area contributed by atoms with Gasteiger partial charge in [0.25, 0.3) is 0 Å². The van der Waals surface area contributed by atoms with Gasteiger partial charge in [-0.05, 0) is 30.8 Å². The Morgan fingerprint density at radius 2 is 2.41 bits per heavy atom. The maximum atomic E-state index is 4.39. The summed E-state index contributed by atoms with van der Waals surface area (Å²) in [5, 5.41) is 5.49. The summed E-state index contributed by atoms with van der Waals surface area (Å²) in [5.41, 5.74) is 1.13. The van der Waals surface area contributed by atoms with E-state index in [0.29, 0.717) is 0 Å². The molecule has 0 radical (unpaired) electrons. The molecule has 2 rings (SSSR count). The van der Waals surface area contributed by atoms with Crippen LogP contribution >= 0.6 is 11.3 Å². The Morgan fingerprint density at radius 1 is 1.47 bits per heavy atom. The second-order valence-electron chi connectivity index (χ2n) is 4.11. The van der Waals surface area contributed by atoms with Gasteiger partial charge >= 0.3 is 0 Å². The first kappa shape index (κ1) is 12.3. The molecule has 0 amide bonds. The summed E-state index contributed by atoms with van der Waals surface area (Å²) in [5.74, 6) is 0. The highest BCUT2D eigenvalue weighted by atomic mass is 32.1. The van der Waals surface area contributed by atoms with Crippen LogP contribution in [-0.2, 0) is 19.5 Å². The quantitative estimate of drug-likeness (QED) is 0.765. The van der Waals surface area contributed by atoms with Crippen molar-refractivity contribution in [3.63, 3.8) is 0 Å². The average molecular weight is 249 g/mol. The summed E-state index contributed by atoms with van der Waals surface area (Å²) in [4.78, 5) is 5.83. The third-order valence-electron chi connectivity index (χ3n) is 2.62. The lowest BCUT2D eigenvalue weighted by molar-refractivity contribution is 0.663. The standard InChI is InChI=1S/C13H19N3S/c1-2-6-14-9-12-10-16(11-15-12)7-5-13-4-3-8-17-13/h3-4,8,10-11,14H,2,5-7,9H2,1H3. The molecule has 0 unspecified atom stereocenters. The Bertz CT molecular complexity index is 420. The first-order chi connectivity index (χ1) is 8.38. The molecule has 1 N–H and O–H groups in total. The summed E-state index contributed by atoms with van der Waals surface area (Å²) in [6.45, 7) is 5.12. The molecule has 17 heavy (non-hydrogen) atoms. The fourth-order valence-electron chi connectivity index (χ4n) is 1.71. The first-order valence-corrected chi connectivity index (χ1v) is 7.00. The molecule has 0 aliphatic heterocycles. The summed E-state index contributed by atoms with van der Waals surface area (Å²) < 4.78 is 2.17. The van der Waals surface area contributed by atoms with Gasteiger partial charge in [0, 0.05) is 24.2 Å². The molecular formula is C13H19N3S. The van der Waals surface area contributed by atoms with E-state index in [1.165, 1.54) is 11.3 Å². The number of nitrogens with zero attached hydrogens (tertiary/aromatic N) is 2. The molecule has 2 aromatic rings. The molecule has 0 aliphatic rings. The number of hydrogen-bond acceptors (Lipinski definition) is 3. The lowest BCUT2D eigenvalue weighted by atomic mass is 10.3. The van der Waals surface area contributed by atoms with Crippen molar-refractivity contribution in [2.24, 2.45) is 0 Å². The van der Waals surface area contributed by atoms with Crippen LogP contribution in [0.15, 0.2) is 30.0 Å². The van der Waals surface area contributed by atoms with Gasteiger partial charge in [0.2, 0.25) is 0 Å². The first-order valence-electron chi connectivity index (χ1n) is 6.12. The SMILES string of the molecule is CCCNCc1cn(CCc2cccs2)cn1. The largest absolute Gasteiger partial charge is 0.337 e. The van der Waals surface area contributed by atoms with Crippen LogP contribution in [0.1, 0.15) is 23.9 Å². The minimum Gasteiger partial charge on any atom is -0.337 e. The lowest BCUT2D eigenvalue weighted by Crippen LogP contribution is -2.13. The summed E-state index contributed by atoms with van der Waals surface area (Å²) in [7, 11) is 0. The predicted octanol–water partition coefficient (Wildman–Crippen LogP) is 2.69. The Hall–Kier alpha value is -1.13. The molecule has 0 saturated heterocycles. The monoisotopic (exact) mass is 249 g/mol. The molecule has 4 heteroatoms. The fourth-order valence-corrected chi connectivity index (χ4v) is 2.41. The van der Waals surface area contributed by atoms with Crippen molar-refractivity contribution >= 4 is 11.3 Å². The van der Waals surface area contributed by atoms with E-state index in [4.69, 9.17) is 0 Å². The minimum atomic E-state index is 0.875. The smallest absolute Gasteiger partial charge is 0.0950 e. The van der Waals surface area contributed by atoms with Gasteiger partial charge in [0.1, 0.15) is 0 Å². The van der Waals surface area contributed by atoms with E-state index in [1.807, 2.05) is 17.7 Å². The van der Waals surface area contributed by atoms with Gasteiger partial charge in [0.15, 0.2) is 0 Å². The van der Waals surface area contributed by atoms with E-state index < -0.39 is 0 Å². The normalized spacial score (nSPS) is 10.9. The van der Waals surface area contributed by atoms with Crippen molar-refractivity contribution in [1.82, 2.24) is 14.9 Å². The van der Waals surface area contributed by atoms with Crippen LogP contribution in [0.5, 0.6) is 0 Å². The van der Waals surface area contributed by atoms with E-state index in [0.717, 1.165) is 31.7 Å². The minimum absolute atomic E-state index is 0.875. The second-order valence-corrected chi connectivity index (χ2v) is 5.14. The lowest BCUT2D eigenvalue weighted by Gasteiger charge is -2.00. The van der Waals surface area contributed by atoms with Crippen molar-refractivity contribution < 1.29 is 0 Å². The highest BCUT2D eigenvalue weighted by molar-refractivity contribution is 7.09. The van der Waals surface area contributed by atoms with Crippen molar-refractivity contribution in [1.29, 1.82) is 0 Å². The van der Waals surface area contributed by atoms with Gasteiger partial charge < -0.3 is 9.88 Å². The van der Waals surface area contributed by atoms with E-state index in [-0.39, 0.29) is 0 Å². The van der Waals surface area contributed by atoms with Crippen LogP contribution in [-0.4, -0.2) is 16.1 Å². The van der Waals surface area contributed by atoms with Crippen molar-refractivity contribution in [3.8, 4) is 0 Å². The Morgan fingerprint density at radius 3 is 3.18 bits per heavy atom. The molecule has 2 heterocycles. The van der Waals surface area contributed by atoms with Crippen LogP contribution < -0.4 is 5.32 Å². The predicted molar refractivity (Wildman–Crippen MR) is 72.2 cm³/mol. The second kappa shape index (κ2) is 6.57. The van der Waals surface area contributed by atoms with Crippen LogP contribution in [0, 0.1) is 0 Å². The van der Waals surface area contributed by atoms with Crippen LogP contribution in [0.3, 0.4) is 0 Å².